The highest BCUT2D eigenvalue weighted by Crippen LogP contribution is 2.31. The van der Waals surface area contributed by atoms with Crippen LogP contribution in [0.5, 0.6) is 0 Å². The van der Waals surface area contributed by atoms with E-state index in [0.29, 0.717) is 11.1 Å². The molecule has 1 aromatic rings. The second-order valence-electron chi connectivity index (χ2n) is 4.87. The number of halogens is 2. The number of pyridine rings is 1. The van der Waals surface area contributed by atoms with Crippen molar-refractivity contribution < 1.29 is 0 Å². The summed E-state index contributed by atoms with van der Waals surface area (Å²) in [4.78, 5) is 6.87. The molecule has 0 amide bonds. The van der Waals surface area contributed by atoms with Crippen LogP contribution in [0.2, 0.25) is 5.02 Å². The van der Waals surface area contributed by atoms with Crippen molar-refractivity contribution in [3.8, 4) is 0 Å². The quantitative estimate of drug-likeness (QED) is 0.909. The van der Waals surface area contributed by atoms with Crippen LogP contribution >= 0.6 is 27.5 Å². The van der Waals surface area contributed by atoms with Gasteiger partial charge in [-0.25, -0.2) is 4.98 Å². The number of nitrogens with one attached hydrogen (secondary N) is 1. The molecule has 3 saturated heterocycles. The van der Waals surface area contributed by atoms with E-state index in [1.54, 1.807) is 6.20 Å². The zero-order valence-electron chi connectivity index (χ0n) is 9.50. The van der Waals surface area contributed by atoms with Crippen LogP contribution in [0.25, 0.3) is 0 Å². The van der Waals surface area contributed by atoms with Gasteiger partial charge in [-0.2, -0.15) is 0 Å². The standard InChI is InChI=1S/C12H15BrClN3/c13-9-5-10(14)12(15-6-9)16-11-7-17-3-1-8(11)2-4-17/h5-6,8,11H,1-4,7H2,(H,15,16). The molecule has 4 rings (SSSR count). The normalized spacial score (nSPS) is 31.5. The minimum absolute atomic E-state index is 0.503. The van der Waals surface area contributed by atoms with Crippen LogP contribution < -0.4 is 5.32 Å². The van der Waals surface area contributed by atoms with Gasteiger partial charge in [0.2, 0.25) is 0 Å². The van der Waals surface area contributed by atoms with E-state index in [0.717, 1.165) is 22.8 Å². The van der Waals surface area contributed by atoms with Crippen LogP contribution in [-0.4, -0.2) is 35.6 Å². The lowest BCUT2D eigenvalue weighted by Gasteiger charge is -2.45. The summed E-state index contributed by atoms with van der Waals surface area (Å²) in [5.41, 5.74) is 0. The largest absolute Gasteiger partial charge is 0.365 e. The van der Waals surface area contributed by atoms with Crippen molar-refractivity contribution in [2.45, 2.75) is 18.9 Å². The lowest BCUT2D eigenvalue weighted by Crippen LogP contribution is -2.53. The van der Waals surface area contributed by atoms with Crippen molar-refractivity contribution in [1.82, 2.24) is 9.88 Å². The van der Waals surface area contributed by atoms with Gasteiger partial charge in [0.1, 0.15) is 5.82 Å². The minimum atomic E-state index is 0.503. The van der Waals surface area contributed by atoms with Crippen molar-refractivity contribution in [2.24, 2.45) is 5.92 Å². The van der Waals surface area contributed by atoms with Gasteiger partial charge in [0, 0.05) is 23.3 Å². The van der Waals surface area contributed by atoms with E-state index in [2.05, 4.69) is 31.1 Å². The zero-order chi connectivity index (χ0) is 11.8. The molecule has 3 fully saturated rings. The number of anilines is 1. The van der Waals surface area contributed by atoms with E-state index in [-0.39, 0.29) is 0 Å². The number of nitrogens with zero attached hydrogens (tertiary/aromatic N) is 2. The Morgan fingerprint density at radius 2 is 2.18 bits per heavy atom. The molecule has 92 valence electrons. The first-order valence-electron chi connectivity index (χ1n) is 6.02. The number of piperidine rings is 3. The Morgan fingerprint density at radius 3 is 2.76 bits per heavy atom. The van der Waals surface area contributed by atoms with Gasteiger partial charge in [-0.15, -0.1) is 0 Å². The molecule has 1 aromatic heterocycles. The second-order valence-corrected chi connectivity index (χ2v) is 6.20. The van der Waals surface area contributed by atoms with Gasteiger partial charge in [0.15, 0.2) is 0 Å². The molecule has 2 bridgehead atoms. The molecule has 3 nitrogen and oxygen atoms in total. The monoisotopic (exact) mass is 315 g/mol. The van der Waals surface area contributed by atoms with Crippen LogP contribution in [0.4, 0.5) is 5.82 Å². The van der Waals surface area contributed by atoms with E-state index in [9.17, 15) is 0 Å². The Bertz CT molecular complexity index is 418. The van der Waals surface area contributed by atoms with Gasteiger partial charge in [-0.3, -0.25) is 0 Å². The predicted octanol–water partition coefficient (Wildman–Crippen LogP) is 3.00. The van der Waals surface area contributed by atoms with Gasteiger partial charge in [0.25, 0.3) is 0 Å². The molecule has 0 saturated carbocycles. The molecule has 0 radical (unpaired) electrons. The first-order chi connectivity index (χ1) is 8.22. The lowest BCUT2D eigenvalue weighted by molar-refractivity contribution is 0.0974. The number of fused-ring (bicyclic) bond motifs is 3. The molecule has 5 heteroatoms. The average molecular weight is 317 g/mol. The van der Waals surface area contributed by atoms with Gasteiger partial charge in [-0.1, -0.05) is 11.6 Å². The Balaban J connectivity index is 1.74. The molecule has 1 unspecified atom stereocenters. The molecule has 1 N–H and O–H groups in total. The topological polar surface area (TPSA) is 28.2 Å². The lowest BCUT2D eigenvalue weighted by atomic mass is 9.84. The van der Waals surface area contributed by atoms with Crippen molar-refractivity contribution in [2.75, 3.05) is 25.0 Å². The molecule has 0 aromatic carbocycles. The predicted molar refractivity (Wildman–Crippen MR) is 73.5 cm³/mol. The van der Waals surface area contributed by atoms with E-state index >= 15 is 0 Å². The second kappa shape index (κ2) is 4.75. The summed E-state index contributed by atoms with van der Waals surface area (Å²) in [5.74, 6) is 1.59. The van der Waals surface area contributed by atoms with E-state index in [1.165, 1.54) is 25.9 Å². The number of rotatable bonds is 2. The molecule has 17 heavy (non-hydrogen) atoms. The Labute approximate surface area is 115 Å². The third kappa shape index (κ3) is 2.44. The maximum absolute atomic E-state index is 6.18. The molecule has 0 aliphatic carbocycles. The summed E-state index contributed by atoms with van der Waals surface area (Å²) in [6.07, 6.45) is 4.38. The fourth-order valence-corrected chi connectivity index (χ4v) is 3.51. The average Bonchev–Trinajstić information content (AvgIpc) is 2.34. The molecular formula is C12H15BrClN3. The number of hydrogen-bond donors (Lipinski definition) is 1. The maximum Gasteiger partial charge on any atom is 0.145 e. The third-order valence-electron chi connectivity index (χ3n) is 3.79. The summed E-state index contributed by atoms with van der Waals surface area (Å²) < 4.78 is 0.918. The molecule has 4 heterocycles. The van der Waals surface area contributed by atoms with Crippen LogP contribution in [0, 0.1) is 5.92 Å². The smallest absolute Gasteiger partial charge is 0.145 e. The summed E-state index contributed by atoms with van der Waals surface area (Å²) in [6.45, 7) is 3.63. The number of hydrogen-bond acceptors (Lipinski definition) is 3. The zero-order valence-corrected chi connectivity index (χ0v) is 11.8. The highest BCUT2D eigenvalue weighted by molar-refractivity contribution is 9.10. The van der Waals surface area contributed by atoms with Gasteiger partial charge in [0.05, 0.1) is 5.02 Å². The fraction of sp³-hybridized carbons (Fsp3) is 0.583. The van der Waals surface area contributed by atoms with Crippen LogP contribution in [0.15, 0.2) is 16.7 Å². The third-order valence-corrected chi connectivity index (χ3v) is 4.51. The van der Waals surface area contributed by atoms with Crippen molar-refractivity contribution >= 4 is 33.3 Å². The molecule has 1 atom stereocenters. The molecule has 0 spiro atoms. The van der Waals surface area contributed by atoms with Crippen molar-refractivity contribution in [3.05, 3.63) is 21.8 Å². The summed E-state index contributed by atoms with van der Waals surface area (Å²) in [5, 5.41) is 4.19. The van der Waals surface area contributed by atoms with Gasteiger partial charge >= 0.3 is 0 Å². The van der Waals surface area contributed by atoms with Gasteiger partial charge in [-0.05, 0) is 53.8 Å². The van der Waals surface area contributed by atoms with Gasteiger partial charge < -0.3 is 10.2 Å². The first-order valence-corrected chi connectivity index (χ1v) is 7.19. The van der Waals surface area contributed by atoms with Crippen LogP contribution in [0.1, 0.15) is 12.8 Å². The van der Waals surface area contributed by atoms with E-state index < -0.39 is 0 Å². The molecular weight excluding hydrogens is 302 g/mol. The first kappa shape index (κ1) is 11.8. The van der Waals surface area contributed by atoms with E-state index in [1.807, 2.05) is 6.07 Å². The molecule has 3 aliphatic heterocycles. The SMILES string of the molecule is Clc1cc(Br)cnc1NC1CN2CCC1CC2. The Hall–Kier alpha value is -0.320. The highest BCUT2D eigenvalue weighted by Gasteiger charge is 2.34. The van der Waals surface area contributed by atoms with Crippen molar-refractivity contribution in [3.63, 3.8) is 0 Å². The molecule has 3 aliphatic rings. The maximum atomic E-state index is 6.18. The highest BCUT2D eigenvalue weighted by atomic mass is 79.9. The number of aromatic nitrogens is 1. The summed E-state index contributed by atoms with van der Waals surface area (Å²) >= 11 is 9.55. The summed E-state index contributed by atoms with van der Waals surface area (Å²) in [7, 11) is 0. The summed E-state index contributed by atoms with van der Waals surface area (Å²) in [6, 6.07) is 2.39. The van der Waals surface area contributed by atoms with Crippen LogP contribution in [0.3, 0.4) is 0 Å². The van der Waals surface area contributed by atoms with Crippen molar-refractivity contribution in [1.29, 1.82) is 0 Å². The Kier molecular flexibility index (Phi) is 3.28. The van der Waals surface area contributed by atoms with E-state index in [4.69, 9.17) is 11.6 Å². The van der Waals surface area contributed by atoms with Crippen LogP contribution in [-0.2, 0) is 0 Å². The minimum Gasteiger partial charge on any atom is -0.365 e. The fourth-order valence-electron chi connectivity index (χ4n) is 2.83. The Morgan fingerprint density at radius 1 is 1.41 bits per heavy atom.